The Hall–Kier alpha value is -1.06. The van der Waals surface area contributed by atoms with Gasteiger partial charge in [0.25, 0.3) is 0 Å². The Morgan fingerprint density at radius 1 is 1.28 bits per heavy atom. The highest BCUT2D eigenvalue weighted by Crippen LogP contribution is 2.30. The van der Waals surface area contributed by atoms with E-state index >= 15 is 0 Å². The first-order valence-electron chi connectivity index (χ1n) is 6.12. The van der Waals surface area contributed by atoms with Crippen LogP contribution in [0, 0.1) is 6.92 Å². The zero-order chi connectivity index (χ0) is 13.1. The highest BCUT2D eigenvalue weighted by molar-refractivity contribution is 9.10. The molecule has 0 aliphatic rings. The van der Waals surface area contributed by atoms with Crippen LogP contribution in [0.15, 0.2) is 39.2 Å². The van der Waals surface area contributed by atoms with Crippen LogP contribution >= 0.6 is 15.9 Å². The molecule has 1 unspecified atom stereocenters. The van der Waals surface area contributed by atoms with E-state index in [1.54, 1.807) is 0 Å². The molecule has 0 bridgehead atoms. The zero-order valence-corrected chi connectivity index (χ0v) is 12.5. The second kappa shape index (κ2) is 5.72. The average Bonchev–Trinajstić information content (AvgIpc) is 2.77. The molecule has 0 saturated heterocycles. The number of furan rings is 1. The number of hydrogen-bond donors (Lipinski definition) is 1. The maximum absolute atomic E-state index is 5.89. The van der Waals surface area contributed by atoms with E-state index in [2.05, 4.69) is 59.4 Å². The summed E-state index contributed by atoms with van der Waals surface area (Å²) < 4.78 is 6.97. The number of halogens is 1. The Bertz CT molecular complexity index is 533. The van der Waals surface area contributed by atoms with Crippen LogP contribution in [-0.2, 0) is 6.42 Å². The molecule has 2 rings (SSSR count). The molecule has 1 aromatic carbocycles. The number of hydrogen-bond acceptors (Lipinski definition) is 2. The fraction of sp³-hybridized carbons (Fsp3) is 0.333. The van der Waals surface area contributed by atoms with Crippen molar-refractivity contribution in [2.75, 3.05) is 7.05 Å². The molecule has 0 spiro atoms. The summed E-state index contributed by atoms with van der Waals surface area (Å²) in [5.41, 5.74) is 2.34. The Labute approximate surface area is 117 Å². The number of aryl methyl sites for hydroxylation is 1. The summed E-state index contributed by atoms with van der Waals surface area (Å²) in [6.07, 6.45) is 0.903. The summed E-state index contributed by atoms with van der Waals surface area (Å²) in [6, 6.07) is 10.8. The molecule has 0 radical (unpaired) electrons. The van der Waals surface area contributed by atoms with Crippen molar-refractivity contribution in [1.82, 2.24) is 5.32 Å². The van der Waals surface area contributed by atoms with Crippen molar-refractivity contribution in [2.45, 2.75) is 26.3 Å². The van der Waals surface area contributed by atoms with Crippen LogP contribution in [-0.4, -0.2) is 13.1 Å². The molecule has 0 saturated carbocycles. The molecular weight excluding hydrogens is 290 g/mol. The smallest absolute Gasteiger partial charge is 0.135 e. The molecule has 1 atom stereocenters. The van der Waals surface area contributed by atoms with E-state index < -0.39 is 0 Å². The van der Waals surface area contributed by atoms with Crippen LogP contribution in [0.5, 0.6) is 0 Å². The maximum atomic E-state index is 5.89. The number of likely N-dealkylation sites (N-methyl/N-ethyl adjacent to an activating group) is 1. The molecule has 1 N–H and O–H groups in total. The summed E-state index contributed by atoms with van der Waals surface area (Å²) in [4.78, 5) is 0. The minimum absolute atomic E-state index is 0.422. The van der Waals surface area contributed by atoms with Gasteiger partial charge < -0.3 is 9.73 Å². The lowest BCUT2D eigenvalue weighted by atomic mass is 10.1. The van der Waals surface area contributed by atoms with E-state index in [1.165, 1.54) is 5.56 Å². The van der Waals surface area contributed by atoms with Gasteiger partial charge in [-0.05, 0) is 50.7 Å². The van der Waals surface area contributed by atoms with Gasteiger partial charge in [0.05, 0.1) is 0 Å². The highest BCUT2D eigenvalue weighted by Gasteiger charge is 2.10. The molecule has 2 aromatic rings. The summed E-state index contributed by atoms with van der Waals surface area (Å²) >= 11 is 3.59. The third kappa shape index (κ3) is 3.03. The largest absolute Gasteiger partial charge is 0.461 e. The molecule has 2 nitrogen and oxygen atoms in total. The molecule has 0 amide bonds. The number of rotatable bonds is 4. The lowest BCUT2D eigenvalue weighted by Gasteiger charge is -2.07. The summed E-state index contributed by atoms with van der Waals surface area (Å²) in [5.74, 6) is 1.93. The number of nitrogens with one attached hydrogen (secondary N) is 1. The molecule has 0 aliphatic carbocycles. The van der Waals surface area contributed by atoms with Gasteiger partial charge >= 0.3 is 0 Å². The van der Waals surface area contributed by atoms with Gasteiger partial charge in [0.1, 0.15) is 11.5 Å². The molecule has 0 fully saturated rings. The van der Waals surface area contributed by atoms with Crippen LogP contribution < -0.4 is 5.32 Å². The van der Waals surface area contributed by atoms with Crippen LogP contribution in [0.3, 0.4) is 0 Å². The summed E-state index contributed by atoms with van der Waals surface area (Å²) in [5, 5.41) is 3.21. The molecule has 96 valence electrons. The minimum atomic E-state index is 0.422. The summed E-state index contributed by atoms with van der Waals surface area (Å²) in [6.45, 7) is 4.22. The van der Waals surface area contributed by atoms with Crippen molar-refractivity contribution in [3.05, 3.63) is 46.1 Å². The van der Waals surface area contributed by atoms with E-state index in [0.717, 1.165) is 28.0 Å². The monoisotopic (exact) mass is 307 g/mol. The van der Waals surface area contributed by atoms with Crippen molar-refractivity contribution in [3.63, 3.8) is 0 Å². The van der Waals surface area contributed by atoms with Crippen LogP contribution in [0.1, 0.15) is 18.2 Å². The molecule has 1 heterocycles. The van der Waals surface area contributed by atoms with Crippen molar-refractivity contribution < 1.29 is 4.42 Å². The van der Waals surface area contributed by atoms with Gasteiger partial charge in [0.15, 0.2) is 0 Å². The van der Waals surface area contributed by atoms with Gasteiger partial charge in [-0.25, -0.2) is 0 Å². The van der Waals surface area contributed by atoms with Gasteiger partial charge in [0, 0.05) is 22.5 Å². The van der Waals surface area contributed by atoms with Crippen LogP contribution in [0.25, 0.3) is 11.3 Å². The lowest BCUT2D eigenvalue weighted by Crippen LogP contribution is -2.23. The standard InChI is InChI=1S/C15H18BrNO/c1-10-4-6-13(14(16)8-10)15-7-5-12(18-15)9-11(2)17-3/h4-8,11,17H,9H2,1-3H3. The zero-order valence-electron chi connectivity index (χ0n) is 11.0. The van der Waals surface area contributed by atoms with Crippen molar-refractivity contribution in [2.24, 2.45) is 0 Å². The first-order chi connectivity index (χ1) is 8.60. The van der Waals surface area contributed by atoms with Crippen molar-refractivity contribution >= 4 is 15.9 Å². The predicted molar refractivity (Wildman–Crippen MR) is 78.8 cm³/mol. The van der Waals surface area contributed by atoms with Gasteiger partial charge in [-0.15, -0.1) is 0 Å². The van der Waals surface area contributed by atoms with E-state index in [4.69, 9.17) is 4.42 Å². The van der Waals surface area contributed by atoms with Gasteiger partial charge in [-0.2, -0.15) is 0 Å². The van der Waals surface area contributed by atoms with Gasteiger partial charge in [-0.3, -0.25) is 0 Å². The second-order valence-corrected chi connectivity index (χ2v) is 5.50. The SMILES string of the molecule is CNC(C)Cc1ccc(-c2ccc(C)cc2Br)o1. The first kappa shape index (κ1) is 13.4. The predicted octanol–water partition coefficient (Wildman–Crippen LogP) is 4.17. The summed E-state index contributed by atoms with van der Waals surface area (Å²) in [7, 11) is 1.96. The average molecular weight is 308 g/mol. The normalized spacial score (nSPS) is 12.7. The molecular formula is C15H18BrNO. The Morgan fingerprint density at radius 3 is 2.72 bits per heavy atom. The number of benzene rings is 1. The fourth-order valence-electron chi connectivity index (χ4n) is 1.86. The van der Waals surface area contributed by atoms with Crippen molar-refractivity contribution in [3.8, 4) is 11.3 Å². The van der Waals surface area contributed by atoms with E-state index in [1.807, 2.05) is 13.1 Å². The lowest BCUT2D eigenvalue weighted by molar-refractivity contribution is 0.481. The van der Waals surface area contributed by atoms with Crippen molar-refractivity contribution in [1.29, 1.82) is 0 Å². The fourth-order valence-corrected chi connectivity index (χ4v) is 2.54. The third-order valence-electron chi connectivity index (χ3n) is 3.05. The van der Waals surface area contributed by atoms with Gasteiger partial charge in [-0.1, -0.05) is 22.0 Å². The van der Waals surface area contributed by atoms with E-state index in [-0.39, 0.29) is 0 Å². The molecule has 0 aliphatic heterocycles. The van der Waals surface area contributed by atoms with Gasteiger partial charge in [0.2, 0.25) is 0 Å². The highest BCUT2D eigenvalue weighted by atomic mass is 79.9. The maximum Gasteiger partial charge on any atom is 0.135 e. The Morgan fingerprint density at radius 2 is 2.06 bits per heavy atom. The second-order valence-electron chi connectivity index (χ2n) is 4.64. The molecule has 3 heteroatoms. The van der Waals surface area contributed by atoms with Crippen LogP contribution in [0.4, 0.5) is 0 Å². The molecule has 18 heavy (non-hydrogen) atoms. The topological polar surface area (TPSA) is 25.2 Å². The Kier molecular flexibility index (Phi) is 4.25. The van der Waals surface area contributed by atoms with Crippen LogP contribution in [0.2, 0.25) is 0 Å². The third-order valence-corrected chi connectivity index (χ3v) is 3.71. The Balaban J connectivity index is 2.24. The first-order valence-corrected chi connectivity index (χ1v) is 6.92. The minimum Gasteiger partial charge on any atom is -0.461 e. The quantitative estimate of drug-likeness (QED) is 0.917. The molecule has 1 aromatic heterocycles. The van der Waals surface area contributed by atoms with E-state index in [0.29, 0.717) is 6.04 Å². The van der Waals surface area contributed by atoms with E-state index in [9.17, 15) is 0 Å².